The van der Waals surface area contributed by atoms with E-state index < -0.39 is 0 Å². The summed E-state index contributed by atoms with van der Waals surface area (Å²) in [5, 5.41) is 5.87. The summed E-state index contributed by atoms with van der Waals surface area (Å²) in [5.41, 5.74) is 1.60. The average Bonchev–Trinajstić information content (AvgIpc) is 3.31. The van der Waals surface area contributed by atoms with Gasteiger partial charge >= 0.3 is 0 Å². The van der Waals surface area contributed by atoms with Crippen molar-refractivity contribution in [3.8, 4) is 28.5 Å². The number of carbonyl (C=O) groups is 1. The van der Waals surface area contributed by atoms with Crippen molar-refractivity contribution in [2.45, 2.75) is 0 Å². The molecule has 2 heterocycles. The number of hydrogen-bond donors (Lipinski definition) is 1. The molecule has 138 valence electrons. The van der Waals surface area contributed by atoms with Gasteiger partial charge in [-0.15, -0.1) is 11.3 Å². The van der Waals surface area contributed by atoms with E-state index in [1.54, 1.807) is 18.2 Å². The predicted octanol–water partition coefficient (Wildman–Crippen LogP) is 4.86. The lowest BCUT2D eigenvalue weighted by molar-refractivity contribution is -0.118. The third-order valence-electron chi connectivity index (χ3n) is 3.67. The van der Waals surface area contributed by atoms with Gasteiger partial charge in [-0.1, -0.05) is 23.2 Å². The first-order valence-electron chi connectivity index (χ1n) is 7.82. The molecule has 9 heteroatoms. The predicted molar refractivity (Wildman–Crippen MR) is 104 cm³/mol. The number of benzene rings is 2. The molecule has 0 saturated heterocycles. The number of nitrogens with zero attached hydrogens (tertiary/aromatic N) is 1. The zero-order chi connectivity index (χ0) is 18.8. The first kappa shape index (κ1) is 17.9. The number of anilines is 1. The standard InChI is InChI=1S/C18H12Cl2N2O4S/c19-11-2-3-12(20)15(6-11)24-7-17(23)22-18-21-13(8-27-18)10-1-4-14-16(5-10)26-9-25-14/h1-6,8H,7,9H2,(H,21,22,23). The second kappa shape index (κ2) is 7.64. The summed E-state index contributed by atoms with van der Waals surface area (Å²) in [6.45, 7) is 0.00675. The number of nitrogens with one attached hydrogen (secondary N) is 1. The summed E-state index contributed by atoms with van der Waals surface area (Å²) in [6, 6.07) is 10.4. The lowest BCUT2D eigenvalue weighted by atomic mass is 10.1. The molecular weight excluding hydrogens is 411 g/mol. The molecule has 1 aliphatic rings. The molecule has 1 N–H and O–H groups in total. The molecule has 1 aromatic heterocycles. The fraction of sp³-hybridized carbons (Fsp3) is 0.111. The van der Waals surface area contributed by atoms with Crippen molar-refractivity contribution in [3.05, 3.63) is 51.8 Å². The third-order valence-corrected chi connectivity index (χ3v) is 4.98. The fourth-order valence-electron chi connectivity index (χ4n) is 2.41. The maximum Gasteiger partial charge on any atom is 0.264 e. The van der Waals surface area contributed by atoms with E-state index in [0.717, 1.165) is 11.3 Å². The first-order chi connectivity index (χ1) is 13.1. The van der Waals surface area contributed by atoms with Gasteiger partial charge in [-0.25, -0.2) is 4.98 Å². The van der Waals surface area contributed by atoms with Gasteiger partial charge in [0.2, 0.25) is 6.79 Å². The topological polar surface area (TPSA) is 69.7 Å². The number of ether oxygens (including phenoxy) is 3. The van der Waals surface area contributed by atoms with Crippen molar-refractivity contribution < 1.29 is 19.0 Å². The van der Waals surface area contributed by atoms with Crippen LogP contribution in [0.2, 0.25) is 10.0 Å². The lowest BCUT2D eigenvalue weighted by Crippen LogP contribution is -2.20. The Hall–Kier alpha value is -2.48. The molecule has 3 aromatic rings. The highest BCUT2D eigenvalue weighted by atomic mass is 35.5. The molecular formula is C18H12Cl2N2O4S. The summed E-state index contributed by atoms with van der Waals surface area (Å²) in [7, 11) is 0. The number of rotatable bonds is 5. The van der Waals surface area contributed by atoms with E-state index >= 15 is 0 Å². The minimum absolute atomic E-state index is 0.209. The first-order valence-corrected chi connectivity index (χ1v) is 9.45. The number of hydrogen-bond acceptors (Lipinski definition) is 6. The Balaban J connectivity index is 1.39. The summed E-state index contributed by atoms with van der Waals surface area (Å²) in [6.07, 6.45) is 0. The van der Waals surface area contributed by atoms with Gasteiger partial charge < -0.3 is 14.2 Å². The Morgan fingerprint density at radius 3 is 2.93 bits per heavy atom. The van der Waals surface area contributed by atoms with Crippen molar-refractivity contribution in [3.63, 3.8) is 0 Å². The highest BCUT2D eigenvalue weighted by molar-refractivity contribution is 7.14. The minimum Gasteiger partial charge on any atom is -0.482 e. The molecule has 0 saturated carbocycles. The molecule has 0 radical (unpaired) electrons. The van der Waals surface area contributed by atoms with Crippen molar-refractivity contribution in [2.75, 3.05) is 18.7 Å². The Morgan fingerprint density at radius 1 is 1.19 bits per heavy atom. The van der Waals surface area contributed by atoms with Crippen LogP contribution >= 0.6 is 34.5 Å². The molecule has 0 spiro atoms. The Labute approximate surface area is 168 Å². The summed E-state index contributed by atoms with van der Waals surface area (Å²) in [4.78, 5) is 16.5. The molecule has 0 fully saturated rings. The van der Waals surface area contributed by atoms with Gasteiger partial charge in [0.25, 0.3) is 5.91 Å². The maximum absolute atomic E-state index is 12.1. The molecule has 27 heavy (non-hydrogen) atoms. The number of amides is 1. The van der Waals surface area contributed by atoms with Gasteiger partial charge in [0.15, 0.2) is 23.2 Å². The second-order valence-corrected chi connectivity index (χ2v) is 7.22. The van der Waals surface area contributed by atoms with Gasteiger partial charge in [0.05, 0.1) is 10.7 Å². The molecule has 1 amide bonds. The van der Waals surface area contributed by atoms with Gasteiger partial charge in [0.1, 0.15) is 5.75 Å². The molecule has 6 nitrogen and oxygen atoms in total. The van der Waals surface area contributed by atoms with Crippen LogP contribution < -0.4 is 19.5 Å². The van der Waals surface area contributed by atoms with E-state index in [2.05, 4.69) is 10.3 Å². The monoisotopic (exact) mass is 422 g/mol. The van der Waals surface area contributed by atoms with Crippen LogP contribution in [0.25, 0.3) is 11.3 Å². The van der Waals surface area contributed by atoms with Gasteiger partial charge in [-0.2, -0.15) is 0 Å². The Morgan fingerprint density at radius 2 is 2.04 bits per heavy atom. The fourth-order valence-corrected chi connectivity index (χ4v) is 3.48. The number of halogens is 2. The largest absolute Gasteiger partial charge is 0.482 e. The molecule has 0 aliphatic carbocycles. The average molecular weight is 423 g/mol. The summed E-state index contributed by atoms with van der Waals surface area (Å²) in [5.74, 6) is 1.38. The quantitative estimate of drug-likeness (QED) is 0.635. The normalized spacial score (nSPS) is 12.1. The zero-order valence-electron chi connectivity index (χ0n) is 13.7. The van der Waals surface area contributed by atoms with Crippen LogP contribution in [-0.2, 0) is 4.79 Å². The van der Waals surface area contributed by atoms with E-state index in [9.17, 15) is 4.79 Å². The molecule has 1 aliphatic heterocycles. The minimum atomic E-state index is -0.349. The zero-order valence-corrected chi connectivity index (χ0v) is 16.0. The van der Waals surface area contributed by atoms with Crippen molar-refractivity contribution in [1.82, 2.24) is 4.98 Å². The van der Waals surface area contributed by atoms with Gasteiger partial charge in [-0.3, -0.25) is 10.1 Å². The van der Waals surface area contributed by atoms with Crippen LogP contribution in [0, 0.1) is 0 Å². The molecule has 2 aromatic carbocycles. The van der Waals surface area contributed by atoms with Crippen molar-refractivity contribution in [2.24, 2.45) is 0 Å². The van der Waals surface area contributed by atoms with Crippen molar-refractivity contribution in [1.29, 1.82) is 0 Å². The van der Waals surface area contributed by atoms with Crippen LogP contribution in [0.5, 0.6) is 17.2 Å². The second-order valence-electron chi connectivity index (χ2n) is 5.52. The third kappa shape index (κ3) is 4.10. The smallest absolute Gasteiger partial charge is 0.264 e. The molecule has 0 bridgehead atoms. The number of fused-ring (bicyclic) bond motifs is 1. The van der Waals surface area contributed by atoms with Crippen LogP contribution in [0.15, 0.2) is 41.8 Å². The maximum atomic E-state index is 12.1. The van der Waals surface area contributed by atoms with Crippen LogP contribution in [0.3, 0.4) is 0 Å². The van der Waals surface area contributed by atoms with E-state index in [-0.39, 0.29) is 19.3 Å². The summed E-state index contributed by atoms with van der Waals surface area (Å²) >= 11 is 13.2. The Bertz CT molecular complexity index is 1010. The van der Waals surface area contributed by atoms with E-state index in [4.69, 9.17) is 37.4 Å². The SMILES string of the molecule is O=C(COc1cc(Cl)ccc1Cl)Nc1nc(-c2ccc3c(c2)OCO3)cs1. The summed E-state index contributed by atoms with van der Waals surface area (Å²) < 4.78 is 16.1. The van der Waals surface area contributed by atoms with Gasteiger partial charge in [0, 0.05) is 22.0 Å². The number of aromatic nitrogens is 1. The molecule has 0 atom stereocenters. The Kier molecular flexibility index (Phi) is 5.07. The van der Waals surface area contributed by atoms with Crippen molar-refractivity contribution >= 4 is 45.6 Å². The highest BCUT2D eigenvalue weighted by Crippen LogP contribution is 2.36. The van der Waals surface area contributed by atoms with E-state index in [1.165, 1.54) is 11.3 Å². The van der Waals surface area contributed by atoms with E-state index in [1.807, 2.05) is 23.6 Å². The number of carbonyl (C=O) groups excluding carboxylic acids is 1. The molecule has 4 rings (SSSR count). The number of thiazole rings is 1. The molecule has 0 unspecified atom stereocenters. The highest BCUT2D eigenvalue weighted by Gasteiger charge is 2.16. The van der Waals surface area contributed by atoms with Gasteiger partial charge in [-0.05, 0) is 30.3 Å². The van der Waals surface area contributed by atoms with Crippen LogP contribution in [0.1, 0.15) is 0 Å². The van der Waals surface area contributed by atoms with Crippen LogP contribution in [-0.4, -0.2) is 24.3 Å². The van der Waals surface area contributed by atoms with Crippen LogP contribution in [0.4, 0.5) is 5.13 Å². The lowest BCUT2D eigenvalue weighted by Gasteiger charge is -2.07. The van der Waals surface area contributed by atoms with E-state index in [0.29, 0.717) is 32.4 Å².